The van der Waals surface area contributed by atoms with Crippen LogP contribution in [0, 0.1) is 5.92 Å². The number of piperidine rings is 1. The summed E-state index contributed by atoms with van der Waals surface area (Å²) in [7, 11) is 0. The number of aromatic amines is 1. The number of carbonyl (C=O) groups excluding carboxylic acids is 1. The zero-order valence-electron chi connectivity index (χ0n) is 19.2. The van der Waals surface area contributed by atoms with Gasteiger partial charge in [0.25, 0.3) is 0 Å². The number of aromatic nitrogens is 4. The first-order valence-electron chi connectivity index (χ1n) is 11.6. The topological polar surface area (TPSA) is 86.8 Å². The fourth-order valence-electron chi connectivity index (χ4n) is 4.39. The molecule has 2 aromatic heterocycles. The summed E-state index contributed by atoms with van der Waals surface area (Å²) in [5.41, 5.74) is 1.27. The lowest BCUT2D eigenvalue weighted by atomic mass is 9.96. The highest BCUT2D eigenvalue weighted by molar-refractivity contribution is 5.96. The van der Waals surface area contributed by atoms with Gasteiger partial charge >= 0.3 is 6.18 Å². The van der Waals surface area contributed by atoms with E-state index in [2.05, 4.69) is 25.5 Å². The quantitative estimate of drug-likeness (QED) is 0.389. The molecule has 1 saturated heterocycles. The van der Waals surface area contributed by atoms with Crippen LogP contribution in [0.1, 0.15) is 18.4 Å². The summed E-state index contributed by atoms with van der Waals surface area (Å²) in [6.45, 7) is 0.551. The number of carbonyl (C=O) groups is 1. The lowest BCUT2D eigenvalue weighted by Crippen LogP contribution is -2.42. The lowest BCUT2D eigenvalue weighted by molar-refractivity contribution is -0.137. The van der Waals surface area contributed by atoms with Gasteiger partial charge in [-0.2, -0.15) is 18.3 Å². The van der Waals surface area contributed by atoms with Gasteiger partial charge in [-0.15, -0.1) is 0 Å². The molecule has 7 nitrogen and oxygen atoms in total. The molecule has 5 rings (SSSR count). The molecular formula is C26H23F3N6O. The number of alkyl halides is 3. The van der Waals surface area contributed by atoms with Crippen LogP contribution < -0.4 is 10.2 Å². The molecule has 1 amide bonds. The molecule has 4 aromatic rings. The number of rotatable bonds is 5. The van der Waals surface area contributed by atoms with E-state index in [1.165, 1.54) is 12.3 Å². The van der Waals surface area contributed by atoms with E-state index in [4.69, 9.17) is 0 Å². The van der Waals surface area contributed by atoms with Gasteiger partial charge in [0.05, 0.1) is 17.2 Å². The van der Waals surface area contributed by atoms with Crippen molar-refractivity contribution in [1.29, 1.82) is 0 Å². The standard InChI is InChI=1S/C26H23F3N6O/c27-26(28,29)20-12-6-14-30-24(20)35-15-7-10-18(16-35)25(36)31-21-13-5-4-11-19(21)23-32-22(33-34-23)17-8-2-1-3-9-17/h1-6,8-9,11-14,18H,7,10,15-16H2,(H,31,36)(H,32,33,34). The van der Waals surface area contributed by atoms with Crippen LogP contribution in [0.25, 0.3) is 22.8 Å². The van der Waals surface area contributed by atoms with Crippen LogP contribution in [0.4, 0.5) is 24.7 Å². The van der Waals surface area contributed by atoms with Crippen molar-refractivity contribution in [2.75, 3.05) is 23.3 Å². The van der Waals surface area contributed by atoms with Crippen LogP contribution in [0.2, 0.25) is 0 Å². The molecule has 2 N–H and O–H groups in total. The highest BCUT2D eigenvalue weighted by Gasteiger charge is 2.37. The van der Waals surface area contributed by atoms with Gasteiger partial charge in [0.15, 0.2) is 11.6 Å². The highest BCUT2D eigenvalue weighted by atomic mass is 19.4. The molecule has 1 fully saturated rings. The van der Waals surface area contributed by atoms with Crippen molar-refractivity contribution in [3.8, 4) is 22.8 Å². The van der Waals surface area contributed by atoms with Crippen molar-refractivity contribution in [2.24, 2.45) is 5.92 Å². The summed E-state index contributed by atoms with van der Waals surface area (Å²) in [6, 6.07) is 19.0. The molecule has 10 heteroatoms. The number of hydrogen-bond donors (Lipinski definition) is 2. The number of hydrogen-bond acceptors (Lipinski definition) is 5. The Kier molecular flexibility index (Phi) is 6.41. The van der Waals surface area contributed by atoms with Gasteiger partial charge in [0.2, 0.25) is 5.91 Å². The van der Waals surface area contributed by atoms with Gasteiger partial charge in [-0.05, 0) is 37.1 Å². The largest absolute Gasteiger partial charge is 0.419 e. The number of anilines is 2. The Morgan fingerprint density at radius 1 is 1.03 bits per heavy atom. The third-order valence-corrected chi connectivity index (χ3v) is 6.14. The van der Waals surface area contributed by atoms with Crippen molar-refractivity contribution < 1.29 is 18.0 Å². The van der Waals surface area contributed by atoms with E-state index in [0.29, 0.717) is 42.3 Å². The molecule has 3 heterocycles. The number of nitrogens with one attached hydrogen (secondary N) is 2. The number of H-pyrrole nitrogens is 1. The van der Waals surface area contributed by atoms with Crippen molar-refractivity contribution in [3.63, 3.8) is 0 Å². The number of para-hydroxylation sites is 1. The minimum absolute atomic E-state index is 0.141. The van der Waals surface area contributed by atoms with Crippen LogP contribution in [-0.2, 0) is 11.0 Å². The van der Waals surface area contributed by atoms with E-state index in [0.717, 1.165) is 11.6 Å². The smallest absolute Gasteiger partial charge is 0.355 e. The molecule has 0 aliphatic carbocycles. The summed E-state index contributed by atoms with van der Waals surface area (Å²) in [6.07, 6.45) is -2.03. The zero-order valence-corrected chi connectivity index (χ0v) is 19.2. The minimum Gasteiger partial charge on any atom is -0.355 e. The summed E-state index contributed by atoms with van der Waals surface area (Å²) in [5, 5.41) is 10.2. The van der Waals surface area contributed by atoms with E-state index in [-0.39, 0.29) is 18.3 Å². The molecule has 184 valence electrons. The van der Waals surface area contributed by atoms with Crippen molar-refractivity contribution in [2.45, 2.75) is 19.0 Å². The number of halogens is 3. The molecule has 1 atom stereocenters. The molecule has 0 radical (unpaired) electrons. The van der Waals surface area contributed by atoms with Crippen molar-refractivity contribution in [1.82, 2.24) is 20.2 Å². The third kappa shape index (κ3) is 4.93. The molecule has 0 spiro atoms. The van der Waals surface area contributed by atoms with E-state index >= 15 is 0 Å². The Balaban J connectivity index is 1.34. The van der Waals surface area contributed by atoms with Crippen molar-refractivity contribution in [3.05, 3.63) is 78.5 Å². The summed E-state index contributed by atoms with van der Waals surface area (Å²) < 4.78 is 40.5. The molecule has 1 aliphatic heterocycles. The summed E-state index contributed by atoms with van der Waals surface area (Å²) in [5.74, 6) is 0.130. The Hall–Kier alpha value is -4.21. The predicted octanol–water partition coefficient (Wildman–Crippen LogP) is 5.41. The second-order valence-corrected chi connectivity index (χ2v) is 8.57. The fourth-order valence-corrected chi connectivity index (χ4v) is 4.39. The monoisotopic (exact) mass is 492 g/mol. The van der Waals surface area contributed by atoms with Crippen molar-refractivity contribution >= 4 is 17.4 Å². The van der Waals surface area contributed by atoms with E-state index in [9.17, 15) is 18.0 Å². The average Bonchev–Trinajstić information content (AvgIpc) is 3.39. The third-order valence-electron chi connectivity index (χ3n) is 6.14. The number of benzene rings is 2. The van der Waals surface area contributed by atoms with E-state index < -0.39 is 17.7 Å². The Morgan fingerprint density at radius 3 is 2.61 bits per heavy atom. The van der Waals surface area contributed by atoms with Gasteiger partial charge < -0.3 is 10.2 Å². The molecule has 0 bridgehead atoms. The molecule has 1 aliphatic rings. The predicted molar refractivity (Wildman–Crippen MR) is 130 cm³/mol. The maximum absolute atomic E-state index is 13.5. The number of nitrogens with zero attached hydrogens (tertiary/aromatic N) is 4. The van der Waals surface area contributed by atoms with Crippen LogP contribution >= 0.6 is 0 Å². The number of amides is 1. The van der Waals surface area contributed by atoms with Crippen LogP contribution in [0.3, 0.4) is 0 Å². The van der Waals surface area contributed by atoms with E-state index in [1.54, 1.807) is 17.0 Å². The number of pyridine rings is 1. The Labute approximate surface area is 205 Å². The normalized spacial score (nSPS) is 16.1. The molecule has 0 saturated carbocycles. The molecular weight excluding hydrogens is 469 g/mol. The molecule has 1 unspecified atom stereocenters. The second-order valence-electron chi connectivity index (χ2n) is 8.57. The molecule has 2 aromatic carbocycles. The Bertz CT molecular complexity index is 1360. The van der Waals surface area contributed by atoms with Gasteiger partial charge in [-0.3, -0.25) is 9.89 Å². The van der Waals surface area contributed by atoms with Gasteiger partial charge in [-0.25, -0.2) is 9.97 Å². The van der Waals surface area contributed by atoms with Gasteiger partial charge in [0.1, 0.15) is 5.82 Å². The Morgan fingerprint density at radius 2 is 1.81 bits per heavy atom. The van der Waals surface area contributed by atoms with Gasteiger partial charge in [0, 0.05) is 30.4 Å². The summed E-state index contributed by atoms with van der Waals surface area (Å²) >= 11 is 0. The minimum atomic E-state index is -4.52. The second kappa shape index (κ2) is 9.80. The maximum atomic E-state index is 13.5. The van der Waals surface area contributed by atoms with Gasteiger partial charge in [-0.1, -0.05) is 42.5 Å². The fraction of sp³-hybridized carbons (Fsp3) is 0.231. The lowest BCUT2D eigenvalue weighted by Gasteiger charge is -2.34. The maximum Gasteiger partial charge on any atom is 0.419 e. The average molecular weight is 493 g/mol. The van der Waals surface area contributed by atoms with Crippen LogP contribution in [-0.4, -0.2) is 39.2 Å². The van der Waals surface area contributed by atoms with Crippen LogP contribution in [0.15, 0.2) is 72.9 Å². The summed E-state index contributed by atoms with van der Waals surface area (Å²) in [4.78, 5) is 23.3. The highest BCUT2D eigenvalue weighted by Crippen LogP contribution is 2.37. The SMILES string of the molecule is O=C(Nc1ccccc1-c1nc(-c2ccccc2)n[nH]1)C1CCCN(c2ncccc2C(F)(F)F)C1. The molecule has 36 heavy (non-hydrogen) atoms. The first kappa shape index (κ1) is 23.5. The zero-order chi connectivity index (χ0) is 25.1. The first-order chi connectivity index (χ1) is 17.4. The van der Waals surface area contributed by atoms with Crippen LogP contribution in [0.5, 0.6) is 0 Å². The van der Waals surface area contributed by atoms with E-state index in [1.807, 2.05) is 42.5 Å². The first-order valence-corrected chi connectivity index (χ1v) is 11.6.